The summed E-state index contributed by atoms with van der Waals surface area (Å²) in [5.41, 5.74) is 15.2. The van der Waals surface area contributed by atoms with E-state index in [9.17, 15) is 35.5 Å². The van der Waals surface area contributed by atoms with E-state index in [0.29, 0.717) is 73.9 Å². The van der Waals surface area contributed by atoms with Crippen molar-refractivity contribution in [2.75, 3.05) is 13.2 Å². The number of aromatic nitrogens is 4. The van der Waals surface area contributed by atoms with Crippen LogP contribution in [-0.2, 0) is 69.1 Å². The number of aryl methyl sites for hydroxylation is 4. The maximum atomic E-state index is 14.2. The van der Waals surface area contributed by atoms with Crippen molar-refractivity contribution in [1.82, 2.24) is 20.6 Å². The molecule has 10 rings (SSSR count). The number of rotatable bonds is 16. The number of hydrogen-bond acceptors (Lipinski definition) is 14. The predicted molar refractivity (Wildman–Crippen MR) is 268 cm³/mol. The van der Waals surface area contributed by atoms with Gasteiger partial charge in [-0.15, -0.1) is 0 Å². The average Bonchev–Trinajstić information content (AvgIpc) is 4.32. The fourth-order valence-corrected chi connectivity index (χ4v) is 10.3. The van der Waals surface area contributed by atoms with Crippen LogP contribution >= 0.6 is 15.6 Å². The molecule has 0 radical (unpaired) electrons. The van der Waals surface area contributed by atoms with E-state index in [0.717, 1.165) is 33.4 Å². The predicted octanol–water partition coefficient (Wildman–Crippen LogP) is 11.1. The summed E-state index contributed by atoms with van der Waals surface area (Å²) < 4.78 is 137. The molecule has 4 heterocycles. The first-order valence-corrected chi connectivity index (χ1v) is 27.2. The summed E-state index contributed by atoms with van der Waals surface area (Å²) in [7, 11) is -9.24. The van der Waals surface area contributed by atoms with Crippen molar-refractivity contribution in [2.45, 2.75) is 88.6 Å². The Hall–Kier alpha value is -6.56. The fourth-order valence-electron chi connectivity index (χ4n) is 9.33. The lowest BCUT2D eigenvalue weighted by molar-refractivity contribution is -0.137. The molecule has 2 atom stereocenters. The van der Waals surface area contributed by atoms with Crippen LogP contribution in [0.2, 0.25) is 0 Å². The van der Waals surface area contributed by atoms with Gasteiger partial charge in [0.2, 0.25) is 0 Å². The molecule has 0 fully saturated rings. The minimum absolute atomic E-state index is 0.0677. The third kappa shape index (κ3) is 12.8. The van der Waals surface area contributed by atoms with Crippen molar-refractivity contribution in [2.24, 2.45) is 11.5 Å². The molecule has 2 aliphatic carbocycles. The smallest absolute Gasteiger partial charge is 0.355 e. The molecule has 8 N–H and O–H groups in total. The van der Waals surface area contributed by atoms with Crippen LogP contribution in [0.15, 0.2) is 115 Å². The third-order valence-corrected chi connectivity index (χ3v) is 14.2. The highest BCUT2D eigenvalue weighted by Crippen LogP contribution is 2.49. The largest absolute Gasteiger partial charge is 0.469 e. The van der Waals surface area contributed by atoms with Gasteiger partial charge in [-0.3, -0.25) is 9.05 Å². The average molecular weight is 1130 g/mol. The molecule has 0 spiro atoms. The Bertz CT molecular complexity index is 3320. The molecule has 18 nitrogen and oxygen atoms in total. The fraction of sp³-hybridized carbons (Fsp3) is 0.308. The number of phosphoric acid groups is 2. The van der Waals surface area contributed by atoms with Crippen molar-refractivity contribution in [3.05, 3.63) is 142 Å². The van der Waals surface area contributed by atoms with Crippen molar-refractivity contribution in [3.63, 3.8) is 0 Å². The normalized spacial score (nSPS) is 15.1. The van der Waals surface area contributed by atoms with E-state index in [2.05, 4.69) is 29.7 Å². The summed E-state index contributed by atoms with van der Waals surface area (Å²) in [6, 6.07) is 27.2. The lowest BCUT2D eigenvalue weighted by Crippen LogP contribution is -2.41. The Morgan fingerprint density at radius 2 is 0.859 bits per heavy atom. The van der Waals surface area contributed by atoms with Gasteiger partial charge in [0.25, 0.3) is 0 Å². The number of phosphoric ester groups is 2. The van der Waals surface area contributed by atoms with Gasteiger partial charge in [-0.2, -0.15) is 26.3 Å². The standard InChI is InChI=1S/2C26H25F3N3O6P/c2*1-25(30,14-36-39(33,34)35)12-11-15-7-9-18-17(13-15)8-10-19-21(18)31-38-24(19)22-20(26(27,28)29)23(37-32-22)16-5-3-2-4-6-16/h2*2-7,9,13H,8,10-12,14,30H2,1H3,(H2,33,34,35)/t2*25-/m10/s1. The van der Waals surface area contributed by atoms with Gasteiger partial charge >= 0.3 is 28.0 Å². The van der Waals surface area contributed by atoms with Crippen LogP contribution in [0.5, 0.6) is 0 Å². The zero-order chi connectivity index (χ0) is 56.0. The number of halogens is 6. The summed E-state index contributed by atoms with van der Waals surface area (Å²) in [4.78, 5) is 35.7. The first-order chi connectivity index (χ1) is 36.6. The molecule has 4 aromatic carbocycles. The number of hydrogen-bond donors (Lipinski definition) is 6. The highest BCUT2D eigenvalue weighted by molar-refractivity contribution is 7.46. The number of fused-ring (bicyclic) bond motifs is 6. The summed E-state index contributed by atoms with van der Waals surface area (Å²) in [6.07, 6.45) is -5.77. The molecule has 0 bridgehead atoms. The van der Waals surface area contributed by atoms with E-state index in [1.54, 1.807) is 50.2 Å². The molecule has 26 heteroatoms. The molecule has 0 saturated carbocycles. The number of nitrogens with zero attached hydrogens (tertiary/aromatic N) is 4. The number of nitrogens with two attached hydrogens (primary N) is 2. The van der Waals surface area contributed by atoms with Gasteiger partial charge in [-0.1, -0.05) is 118 Å². The second-order valence-corrected chi connectivity index (χ2v) is 22.2. The van der Waals surface area contributed by atoms with E-state index in [1.165, 1.54) is 24.3 Å². The molecule has 412 valence electrons. The Morgan fingerprint density at radius 3 is 1.21 bits per heavy atom. The SMILES string of the molecule is C[C@@](N)(CCc1ccc2c(c1)CCc1c-2noc1-c1noc(-c2ccccc2)c1C(F)(F)F)COP(=O)(O)O.C[C@](N)(CCc1ccc2c(c1)CCc1c-2noc1-c1noc(-c2ccccc2)c1C(F)(F)F)COP(=O)(O)O. The summed E-state index contributed by atoms with van der Waals surface area (Å²) >= 11 is 0. The van der Waals surface area contributed by atoms with Crippen LogP contribution in [0.3, 0.4) is 0 Å². The molecular formula is C52H50F6N6O12P2. The monoisotopic (exact) mass is 1130 g/mol. The van der Waals surface area contributed by atoms with Gasteiger partial charge in [-0.05, 0) is 87.5 Å². The third-order valence-electron chi connectivity index (χ3n) is 13.3. The van der Waals surface area contributed by atoms with Crippen molar-refractivity contribution in [3.8, 4) is 68.1 Å². The molecule has 0 saturated heterocycles. The molecule has 8 aromatic rings. The Balaban J connectivity index is 0.000000190. The van der Waals surface area contributed by atoms with Crippen LogP contribution in [0.1, 0.15) is 71.2 Å². The minimum atomic E-state index is -4.74. The van der Waals surface area contributed by atoms with Crippen molar-refractivity contribution < 1.29 is 82.2 Å². The van der Waals surface area contributed by atoms with Gasteiger partial charge in [0.15, 0.2) is 34.4 Å². The van der Waals surface area contributed by atoms with Crippen LogP contribution in [-0.4, -0.2) is 64.5 Å². The minimum Gasteiger partial charge on any atom is -0.355 e. The Kier molecular flexibility index (Phi) is 15.5. The molecule has 4 aromatic heterocycles. The Labute approximate surface area is 440 Å². The quantitative estimate of drug-likeness (QED) is 0.0387. The van der Waals surface area contributed by atoms with Crippen LogP contribution < -0.4 is 11.5 Å². The molecule has 78 heavy (non-hydrogen) atoms. The molecule has 2 aliphatic rings. The maximum absolute atomic E-state index is 14.2. The Morgan fingerprint density at radius 1 is 0.513 bits per heavy atom. The molecule has 0 unspecified atom stereocenters. The zero-order valence-corrected chi connectivity index (χ0v) is 43.3. The lowest BCUT2D eigenvalue weighted by Gasteiger charge is -2.25. The maximum Gasteiger partial charge on any atom is 0.469 e. The molecular weight excluding hydrogens is 1080 g/mol. The van der Waals surface area contributed by atoms with Crippen molar-refractivity contribution in [1.29, 1.82) is 0 Å². The molecule has 0 amide bonds. The lowest BCUT2D eigenvalue weighted by atomic mass is 9.86. The van der Waals surface area contributed by atoms with E-state index in [-0.39, 0.29) is 47.4 Å². The summed E-state index contributed by atoms with van der Waals surface area (Å²) in [6.45, 7) is 2.68. The first kappa shape index (κ1) is 56.2. The van der Waals surface area contributed by atoms with E-state index in [4.69, 9.17) is 49.1 Å². The van der Waals surface area contributed by atoms with Gasteiger partial charge in [0.1, 0.15) is 22.5 Å². The van der Waals surface area contributed by atoms with Crippen LogP contribution in [0.25, 0.3) is 68.1 Å². The highest BCUT2D eigenvalue weighted by Gasteiger charge is 2.45. The van der Waals surface area contributed by atoms with Gasteiger partial charge in [-0.25, -0.2) is 9.13 Å². The second-order valence-electron chi connectivity index (χ2n) is 19.7. The van der Waals surface area contributed by atoms with Crippen molar-refractivity contribution >= 4 is 15.6 Å². The summed E-state index contributed by atoms with van der Waals surface area (Å²) in [5, 5.41) is 15.7. The number of alkyl halides is 6. The van der Waals surface area contributed by atoms with E-state index in [1.807, 2.05) is 36.4 Å². The topological polar surface area (TPSA) is 290 Å². The van der Waals surface area contributed by atoms with Gasteiger partial charge < -0.3 is 49.1 Å². The van der Waals surface area contributed by atoms with Crippen LogP contribution in [0, 0.1) is 0 Å². The van der Waals surface area contributed by atoms with Crippen LogP contribution in [0.4, 0.5) is 26.3 Å². The first-order valence-electron chi connectivity index (χ1n) is 24.1. The highest BCUT2D eigenvalue weighted by atomic mass is 31.2. The van der Waals surface area contributed by atoms with E-state index >= 15 is 0 Å². The second kappa shape index (κ2) is 21.6. The zero-order valence-electron chi connectivity index (χ0n) is 41.5. The van der Waals surface area contributed by atoms with E-state index < -0.39 is 61.6 Å². The summed E-state index contributed by atoms with van der Waals surface area (Å²) in [5.74, 6) is -0.909. The molecule has 0 aliphatic heterocycles. The number of benzene rings is 4. The van der Waals surface area contributed by atoms with Gasteiger partial charge in [0.05, 0.1) is 13.2 Å². The van der Waals surface area contributed by atoms with Gasteiger partial charge in [0, 0.05) is 44.5 Å².